The largest absolute Gasteiger partial charge is 0.346 e. The summed E-state index contributed by atoms with van der Waals surface area (Å²) in [5.74, 6) is -0.155. The van der Waals surface area contributed by atoms with E-state index in [1.54, 1.807) is 29.5 Å². The third-order valence-electron chi connectivity index (χ3n) is 3.44. The molecule has 2 heterocycles. The maximum Gasteiger partial charge on any atom is 0.251 e. The second-order valence-electron chi connectivity index (χ2n) is 6.36. The van der Waals surface area contributed by atoms with Gasteiger partial charge in [0.05, 0.1) is 17.9 Å². The lowest BCUT2D eigenvalue weighted by molar-refractivity contribution is 0.0951. The molecule has 3 aromatic rings. The highest BCUT2D eigenvalue weighted by atomic mass is 32.1. The lowest BCUT2D eigenvalue weighted by atomic mass is 9.93. The topological polar surface area (TPSA) is 85.6 Å². The highest BCUT2D eigenvalue weighted by Gasteiger charge is 2.17. The van der Waals surface area contributed by atoms with E-state index in [1.165, 1.54) is 11.0 Å². The van der Waals surface area contributed by atoms with Gasteiger partial charge in [0.15, 0.2) is 0 Å². The van der Waals surface area contributed by atoms with E-state index in [9.17, 15) is 4.79 Å². The maximum atomic E-state index is 12.3. The summed E-state index contributed by atoms with van der Waals surface area (Å²) >= 11 is 1.56. The lowest BCUT2D eigenvalue weighted by Gasteiger charge is -2.14. The molecule has 0 spiro atoms. The minimum Gasteiger partial charge on any atom is -0.346 e. The third-order valence-corrected chi connectivity index (χ3v) is 4.29. The predicted molar refractivity (Wildman–Crippen MR) is 91.1 cm³/mol. The van der Waals surface area contributed by atoms with Crippen LogP contribution < -0.4 is 5.32 Å². The highest BCUT2D eigenvalue weighted by Crippen LogP contribution is 2.23. The van der Waals surface area contributed by atoms with Crippen LogP contribution in [0, 0.1) is 0 Å². The van der Waals surface area contributed by atoms with Crippen molar-refractivity contribution in [2.45, 2.75) is 32.7 Å². The van der Waals surface area contributed by atoms with Crippen molar-refractivity contribution in [3.05, 3.63) is 52.2 Å². The first-order chi connectivity index (χ1) is 11.4. The summed E-state index contributed by atoms with van der Waals surface area (Å²) in [6.45, 7) is 6.77. The summed E-state index contributed by atoms with van der Waals surface area (Å²) in [5.41, 5.74) is 2.34. The van der Waals surface area contributed by atoms with Crippen molar-refractivity contribution in [2.24, 2.45) is 0 Å². The van der Waals surface area contributed by atoms with Gasteiger partial charge in [-0.2, -0.15) is 0 Å². The number of rotatable bonds is 4. The molecule has 0 radical (unpaired) electrons. The van der Waals surface area contributed by atoms with Crippen LogP contribution >= 0.6 is 11.3 Å². The normalized spacial score (nSPS) is 11.5. The molecular weight excluding hydrogens is 324 g/mol. The summed E-state index contributed by atoms with van der Waals surface area (Å²) in [7, 11) is 0. The molecule has 0 aliphatic carbocycles. The molecule has 8 heteroatoms. The van der Waals surface area contributed by atoms with Gasteiger partial charge in [-0.1, -0.05) is 26.8 Å². The number of benzene rings is 1. The van der Waals surface area contributed by atoms with Crippen molar-refractivity contribution in [1.29, 1.82) is 0 Å². The Morgan fingerprint density at radius 3 is 2.83 bits per heavy atom. The molecule has 2 aromatic heterocycles. The number of tetrazole rings is 1. The minimum absolute atomic E-state index is 0.0128. The molecular formula is C16H18N6OS. The Kier molecular flexibility index (Phi) is 4.39. The Labute approximate surface area is 143 Å². The molecule has 0 saturated carbocycles. The zero-order chi connectivity index (χ0) is 17.2. The van der Waals surface area contributed by atoms with Crippen LogP contribution in [0.5, 0.6) is 0 Å². The number of carbonyl (C=O) groups is 1. The Balaban J connectivity index is 1.67. The molecule has 1 N–H and O–H groups in total. The van der Waals surface area contributed by atoms with E-state index >= 15 is 0 Å². The van der Waals surface area contributed by atoms with E-state index in [4.69, 9.17) is 0 Å². The van der Waals surface area contributed by atoms with Crippen LogP contribution in [0.15, 0.2) is 36.0 Å². The van der Waals surface area contributed by atoms with Crippen LogP contribution in [0.1, 0.15) is 41.8 Å². The van der Waals surface area contributed by atoms with E-state index < -0.39 is 0 Å². The number of thiazole rings is 1. The first kappa shape index (κ1) is 16.3. The molecule has 24 heavy (non-hydrogen) atoms. The fourth-order valence-electron chi connectivity index (χ4n) is 2.06. The standard InChI is InChI=1S/C16H18N6OS/c1-16(2,3)13-9-24-14(19-13)8-17-15(23)11-5-4-6-12(7-11)22-10-18-20-21-22/h4-7,9-10H,8H2,1-3H3,(H,17,23). The second kappa shape index (κ2) is 6.48. The zero-order valence-electron chi connectivity index (χ0n) is 13.7. The van der Waals surface area contributed by atoms with Gasteiger partial charge in [-0.05, 0) is 28.6 Å². The molecule has 0 atom stereocenters. The molecule has 124 valence electrons. The van der Waals surface area contributed by atoms with Crippen LogP contribution in [-0.4, -0.2) is 31.1 Å². The summed E-state index contributed by atoms with van der Waals surface area (Å²) in [5, 5.41) is 16.8. The first-order valence-electron chi connectivity index (χ1n) is 7.50. The Bertz CT molecular complexity index is 834. The molecule has 0 unspecified atom stereocenters. The number of carbonyl (C=O) groups excluding carboxylic acids is 1. The van der Waals surface area contributed by atoms with Gasteiger partial charge in [-0.25, -0.2) is 9.67 Å². The SMILES string of the molecule is CC(C)(C)c1csc(CNC(=O)c2cccc(-n3cnnn3)c2)n1. The molecule has 1 amide bonds. The van der Waals surface area contributed by atoms with Crippen LogP contribution in [0.2, 0.25) is 0 Å². The molecule has 1 aromatic carbocycles. The van der Waals surface area contributed by atoms with Gasteiger partial charge in [0.1, 0.15) is 11.3 Å². The lowest BCUT2D eigenvalue weighted by Crippen LogP contribution is -2.23. The number of amides is 1. The van der Waals surface area contributed by atoms with E-state index in [2.05, 4.69) is 46.6 Å². The number of hydrogen-bond acceptors (Lipinski definition) is 6. The fourth-order valence-corrected chi connectivity index (χ4v) is 3.02. The molecule has 7 nitrogen and oxygen atoms in total. The van der Waals surface area contributed by atoms with Gasteiger partial charge in [-0.15, -0.1) is 16.4 Å². The first-order valence-corrected chi connectivity index (χ1v) is 8.38. The smallest absolute Gasteiger partial charge is 0.251 e. The maximum absolute atomic E-state index is 12.3. The monoisotopic (exact) mass is 342 g/mol. The third kappa shape index (κ3) is 3.65. The van der Waals surface area contributed by atoms with Gasteiger partial charge >= 0.3 is 0 Å². The van der Waals surface area contributed by atoms with Crippen molar-refractivity contribution in [1.82, 2.24) is 30.5 Å². The predicted octanol–water partition coefficient (Wildman–Crippen LogP) is 2.35. The van der Waals surface area contributed by atoms with Gasteiger partial charge in [0.25, 0.3) is 5.91 Å². The minimum atomic E-state index is -0.155. The summed E-state index contributed by atoms with van der Waals surface area (Å²) in [6, 6.07) is 7.14. The average Bonchev–Trinajstić information content (AvgIpc) is 3.23. The molecule has 0 fully saturated rings. The average molecular weight is 342 g/mol. The number of hydrogen-bond donors (Lipinski definition) is 1. The summed E-state index contributed by atoms with van der Waals surface area (Å²) in [4.78, 5) is 16.9. The van der Waals surface area contributed by atoms with Crippen molar-refractivity contribution in [3.8, 4) is 5.69 Å². The molecule has 0 aliphatic heterocycles. The van der Waals surface area contributed by atoms with Gasteiger partial charge < -0.3 is 5.32 Å². The summed E-state index contributed by atoms with van der Waals surface area (Å²) in [6.07, 6.45) is 1.49. The van der Waals surface area contributed by atoms with E-state index in [0.717, 1.165) is 16.4 Å². The van der Waals surface area contributed by atoms with E-state index in [1.807, 2.05) is 11.4 Å². The van der Waals surface area contributed by atoms with Crippen LogP contribution in [0.3, 0.4) is 0 Å². The quantitative estimate of drug-likeness (QED) is 0.786. The summed E-state index contributed by atoms with van der Waals surface area (Å²) < 4.78 is 1.51. The molecule has 0 aliphatic rings. The second-order valence-corrected chi connectivity index (χ2v) is 7.31. The van der Waals surface area contributed by atoms with Crippen molar-refractivity contribution in [3.63, 3.8) is 0 Å². The van der Waals surface area contributed by atoms with Crippen LogP contribution in [0.4, 0.5) is 0 Å². The van der Waals surface area contributed by atoms with Crippen molar-refractivity contribution in [2.75, 3.05) is 0 Å². The number of aromatic nitrogens is 5. The fraction of sp³-hybridized carbons (Fsp3) is 0.312. The Hall–Kier alpha value is -2.61. The molecule has 0 bridgehead atoms. The van der Waals surface area contributed by atoms with Gasteiger partial charge in [0, 0.05) is 16.4 Å². The zero-order valence-corrected chi connectivity index (χ0v) is 14.5. The van der Waals surface area contributed by atoms with Gasteiger partial charge in [-0.3, -0.25) is 4.79 Å². The van der Waals surface area contributed by atoms with Crippen molar-refractivity contribution >= 4 is 17.2 Å². The molecule has 0 saturated heterocycles. The van der Waals surface area contributed by atoms with Crippen molar-refractivity contribution < 1.29 is 4.79 Å². The Morgan fingerprint density at radius 1 is 1.33 bits per heavy atom. The van der Waals surface area contributed by atoms with E-state index in [0.29, 0.717) is 12.1 Å². The number of nitrogens with zero attached hydrogens (tertiary/aromatic N) is 5. The van der Waals surface area contributed by atoms with Gasteiger partial charge in [0.2, 0.25) is 0 Å². The highest BCUT2D eigenvalue weighted by molar-refractivity contribution is 7.09. The number of nitrogens with one attached hydrogen (secondary N) is 1. The molecule has 3 rings (SSSR count). The Morgan fingerprint density at radius 2 is 2.17 bits per heavy atom. The van der Waals surface area contributed by atoms with E-state index in [-0.39, 0.29) is 11.3 Å². The van der Waals surface area contributed by atoms with Crippen LogP contribution in [0.25, 0.3) is 5.69 Å². The van der Waals surface area contributed by atoms with Crippen LogP contribution in [-0.2, 0) is 12.0 Å².